The number of halogens is 1. The van der Waals surface area contributed by atoms with E-state index < -0.39 is 0 Å². The van der Waals surface area contributed by atoms with Crippen LogP contribution in [0.25, 0.3) is 5.69 Å². The van der Waals surface area contributed by atoms with Gasteiger partial charge in [0.2, 0.25) is 0 Å². The summed E-state index contributed by atoms with van der Waals surface area (Å²) in [5, 5.41) is 8.59. The Balaban J connectivity index is 2.12. The zero-order valence-electron chi connectivity index (χ0n) is 8.78. The lowest BCUT2D eigenvalue weighted by Gasteiger charge is -2.10. The van der Waals surface area contributed by atoms with Crippen molar-refractivity contribution in [2.24, 2.45) is 0 Å². The summed E-state index contributed by atoms with van der Waals surface area (Å²) in [6.07, 6.45) is 0.959. The minimum absolute atomic E-state index is 0.753. The second-order valence-corrected chi connectivity index (χ2v) is 4.25. The molecule has 0 bridgehead atoms. The van der Waals surface area contributed by atoms with Gasteiger partial charge in [0, 0.05) is 12.1 Å². The molecule has 4 heteroatoms. The molecule has 2 heterocycles. The van der Waals surface area contributed by atoms with E-state index in [9.17, 15) is 0 Å². The van der Waals surface area contributed by atoms with E-state index in [1.165, 1.54) is 5.56 Å². The zero-order chi connectivity index (χ0) is 11.0. The van der Waals surface area contributed by atoms with E-state index in [-0.39, 0.29) is 0 Å². The first-order valence-corrected chi connectivity index (χ1v) is 5.76. The third-order valence-electron chi connectivity index (χ3n) is 2.85. The summed E-state index contributed by atoms with van der Waals surface area (Å²) in [5.41, 5.74) is 3.27. The van der Waals surface area contributed by atoms with E-state index in [1.54, 1.807) is 0 Å². The van der Waals surface area contributed by atoms with Crippen molar-refractivity contribution in [3.8, 4) is 5.69 Å². The van der Waals surface area contributed by atoms with E-state index in [1.807, 2.05) is 35.0 Å². The highest BCUT2D eigenvalue weighted by molar-refractivity contribution is 6.30. The molecule has 1 aromatic carbocycles. The van der Waals surface area contributed by atoms with Crippen LogP contribution in [0.3, 0.4) is 0 Å². The number of nitrogens with zero attached hydrogens (tertiary/aromatic N) is 2. The molecule has 1 N–H and O–H groups in total. The molecule has 1 aliphatic rings. The third-order valence-corrected chi connectivity index (χ3v) is 3.24. The van der Waals surface area contributed by atoms with Crippen molar-refractivity contribution in [1.29, 1.82) is 0 Å². The monoisotopic (exact) mass is 233 g/mol. The van der Waals surface area contributed by atoms with Crippen molar-refractivity contribution in [3.05, 3.63) is 46.7 Å². The van der Waals surface area contributed by atoms with Crippen LogP contribution in [-0.2, 0) is 13.0 Å². The molecule has 0 spiro atoms. The molecule has 0 amide bonds. The second kappa shape index (κ2) is 3.92. The molecule has 0 saturated carbocycles. The Hall–Kier alpha value is -1.32. The largest absolute Gasteiger partial charge is 0.311 e. The minimum Gasteiger partial charge on any atom is -0.311 e. The molecule has 3 nitrogen and oxygen atoms in total. The van der Waals surface area contributed by atoms with Crippen LogP contribution in [0, 0.1) is 0 Å². The molecule has 0 saturated heterocycles. The standard InChI is InChI=1S/C12H12ClN3/c13-12-10-6-7-14-8-11(10)15-16(12)9-4-2-1-3-5-9/h1-5,14H,6-8H2. The average Bonchev–Trinajstić information content (AvgIpc) is 2.69. The van der Waals surface area contributed by atoms with Crippen LogP contribution in [0.1, 0.15) is 11.3 Å². The maximum Gasteiger partial charge on any atom is 0.136 e. The van der Waals surface area contributed by atoms with Crippen LogP contribution in [0.2, 0.25) is 5.15 Å². The van der Waals surface area contributed by atoms with Gasteiger partial charge in [-0.3, -0.25) is 0 Å². The highest BCUT2D eigenvalue weighted by Crippen LogP contribution is 2.25. The van der Waals surface area contributed by atoms with Gasteiger partial charge in [-0.25, -0.2) is 4.68 Å². The summed E-state index contributed by atoms with van der Waals surface area (Å²) >= 11 is 6.35. The number of hydrogen-bond acceptors (Lipinski definition) is 2. The lowest BCUT2D eigenvalue weighted by atomic mass is 10.1. The van der Waals surface area contributed by atoms with Crippen molar-refractivity contribution in [2.45, 2.75) is 13.0 Å². The number of para-hydroxylation sites is 1. The third kappa shape index (κ3) is 1.52. The highest BCUT2D eigenvalue weighted by atomic mass is 35.5. The molecule has 2 aromatic rings. The lowest BCUT2D eigenvalue weighted by Crippen LogP contribution is -2.23. The summed E-state index contributed by atoms with van der Waals surface area (Å²) in [4.78, 5) is 0. The second-order valence-electron chi connectivity index (χ2n) is 3.89. The molecule has 0 atom stereocenters. The number of fused-ring (bicyclic) bond motifs is 1. The first-order chi connectivity index (χ1) is 7.86. The summed E-state index contributed by atoms with van der Waals surface area (Å²) in [5.74, 6) is 0. The van der Waals surface area contributed by atoms with Gasteiger partial charge in [0.1, 0.15) is 5.15 Å². The number of rotatable bonds is 1. The van der Waals surface area contributed by atoms with Gasteiger partial charge in [0.25, 0.3) is 0 Å². The summed E-state index contributed by atoms with van der Waals surface area (Å²) in [6.45, 7) is 1.79. The van der Waals surface area contributed by atoms with Crippen LogP contribution in [0.5, 0.6) is 0 Å². The Kier molecular flexibility index (Phi) is 2.42. The highest BCUT2D eigenvalue weighted by Gasteiger charge is 2.19. The van der Waals surface area contributed by atoms with E-state index in [4.69, 9.17) is 11.6 Å². The van der Waals surface area contributed by atoms with E-state index in [0.29, 0.717) is 0 Å². The number of nitrogens with one attached hydrogen (secondary N) is 1. The predicted molar refractivity (Wildman–Crippen MR) is 64.0 cm³/mol. The van der Waals surface area contributed by atoms with Crippen LogP contribution < -0.4 is 5.32 Å². The summed E-state index contributed by atoms with van der Waals surface area (Å²) in [7, 11) is 0. The maximum absolute atomic E-state index is 6.35. The van der Waals surface area contributed by atoms with Crippen molar-refractivity contribution in [1.82, 2.24) is 15.1 Å². The first-order valence-electron chi connectivity index (χ1n) is 5.38. The Labute approximate surface area is 99.0 Å². The topological polar surface area (TPSA) is 29.9 Å². The van der Waals surface area contributed by atoms with Gasteiger partial charge < -0.3 is 5.32 Å². The predicted octanol–water partition coefficient (Wildman–Crippen LogP) is 2.17. The number of aromatic nitrogens is 2. The van der Waals surface area contributed by atoms with Crippen LogP contribution >= 0.6 is 11.6 Å². The molecular formula is C12H12ClN3. The first kappa shape index (κ1) is 9.87. The normalized spacial score (nSPS) is 14.8. The molecule has 82 valence electrons. The lowest BCUT2D eigenvalue weighted by molar-refractivity contribution is 0.629. The summed E-state index contributed by atoms with van der Waals surface area (Å²) < 4.78 is 1.82. The fraction of sp³-hybridized carbons (Fsp3) is 0.250. The number of hydrogen-bond donors (Lipinski definition) is 1. The van der Waals surface area contributed by atoms with E-state index >= 15 is 0 Å². The molecule has 3 rings (SSSR count). The van der Waals surface area contributed by atoms with E-state index in [2.05, 4.69) is 10.4 Å². The van der Waals surface area contributed by atoms with Crippen LogP contribution in [-0.4, -0.2) is 16.3 Å². The van der Waals surface area contributed by atoms with Crippen LogP contribution in [0.15, 0.2) is 30.3 Å². The Morgan fingerprint density at radius 2 is 2.06 bits per heavy atom. The number of benzene rings is 1. The Bertz CT molecular complexity index is 504. The molecule has 0 unspecified atom stereocenters. The van der Waals surface area contributed by atoms with Gasteiger partial charge in [-0.15, -0.1) is 0 Å². The molecule has 0 fully saturated rings. The van der Waals surface area contributed by atoms with Gasteiger partial charge in [-0.1, -0.05) is 29.8 Å². The van der Waals surface area contributed by atoms with Gasteiger partial charge in [0.15, 0.2) is 0 Å². The molecule has 1 aromatic heterocycles. The minimum atomic E-state index is 0.753. The molecule has 1 aliphatic heterocycles. The summed E-state index contributed by atoms with van der Waals surface area (Å²) in [6, 6.07) is 9.99. The molecule has 16 heavy (non-hydrogen) atoms. The SMILES string of the molecule is Clc1c2c(nn1-c1ccccc1)CNCC2. The quantitative estimate of drug-likeness (QED) is 0.818. The maximum atomic E-state index is 6.35. The average molecular weight is 234 g/mol. The van der Waals surface area contributed by atoms with Crippen molar-refractivity contribution < 1.29 is 0 Å². The molecule has 0 aliphatic carbocycles. The fourth-order valence-corrected chi connectivity index (χ4v) is 2.36. The van der Waals surface area contributed by atoms with Crippen LogP contribution in [0.4, 0.5) is 0 Å². The zero-order valence-corrected chi connectivity index (χ0v) is 9.54. The fourth-order valence-electron chi connectivity index (χ4n) is 2.02. The van der Waals surface area contributed by atoms with E-state index in [0.717, 1.165) is 36.0 Å². The molecular weight excluding hydrogens is 222 g/mol. The van der Waals surface area contributed by atoms with Crippen molar-refractivity contribution in [2.75, 3.05) is 6.54 Å². The smallest absolute Gasteiger partial charge is 0.136 e. The van der Waals surface area contributed by atoms with Crippen molar-refractivity contribution >= 4 is 11.6 Å². The van der Waals surface area contributed by atoms with Crippen molar-refractivity contribution in [3.63, 3.8) is 0 Å². The van der Waals surface area contributed by atoms with Gasteiger partial charge >= 0.3 is 0 Å². The van der Waals surface area contributed by atoms with Gasteiger partial charge in [-0.2, -0.15) is 5.10 Å². The Morgan fingerprint density at radius 3 is 2.81 bits per heavy atom. The molecule has 0 radical (unpaired) electrons. The van der Waals surface area contributed by atoms with Gasteiger partial charge in [-0.05, 0) is 25.1 Å². The van der Waals surface area contributed by atoms with Gasteiger partial charge in [0.05, 0.1) is 11.4 Å². The Morgan fingerprint density at radius 1 is 1.25 bits per heavy atom.